The Morgan fingerprint density at radius 3 is 2.62 bits per heavy atom. The van der Waals surface area contributed by atoms with Gasteiger partial charge in [-0.1, -0.05) is 24.3 Å². The zero-order valence-electron chi connectivity index (χ0n) is 11.8. The molecule has 0 saturated heterocycles. The summed E-state index contributed by atoms with van der Waals surface area (Å²) in [4.78, 5) is 25.0. The molecule has 0 bridgehead atoms. The van der Waals surface area contributed by atoms with E-state index in [-0.39, 0.29) is 16.8 Å². The van der Waals surface area contributed by atoms with E-state index in [4.69, 9.17) is 0 Å². The van der Waals surface area contributed by atoms with Crippen LogP contribution in [0.4, 0.5) is 5.69 Å². The van der Waals surface area contributed by atoms with Crippen LogP contribution in [0.1, 0.15) is 23.1 Å². The third-order valence-corrected chi connectivity index (χ3v) is 4.64. The molecule has 21 heavy (non-hydrogen) atoms. The zero-order chi connectivity index (χ0) is 14.8. The van der Waals surface area contributed by atoms with Gasteiger partial charge < -0.3 is 0 Å². The van der Waals surface area contributed by atoms with Gasteiger partial charge in [0.05, 0.1) is 5.56 Å². The van der Waals surface area contributed by atoms with Crippen molar-refractivity contribution in [2.45, 2.75) is 18.4 Å². The average molecular weight is 282 g/mol. The molecule has 6 nitrogen and oxygen atoms in total. The van der Waals surface area contributed by atoms with Gasteiger partial charge in [0.2, 0.25) is 0 Å². The number of nitrogens with zero attached hydrogens (tertiary/aromatic N) is 4. The highest BCUT2D eigenvalue weighted by atomic mass is 16.2. The molecule has 2 aliphatic rings. The zero-order valence-corrected chi connectivity index (χ0v) is 11.8. The van der Waals surface area contributed by atoms with E-state index >= 15 is 0 Å². The molecule has 1 atom stereocenters. The van der Waals surface area contributed by atoms with Gasteiger partial charge in [-0.2, -0.15) is 5.11 Å². The van der Waals surface area contributed by atoms with Gasteiger partial charge in [0, 0.05) is 14.1 Å². The monoisotopic (exact) mass is 282 g/mol. The summed E-state index contributed by atoms with van der Waals surface area (Å²) in [6.45, 7) is 0. The summed E-state index contributed by atoms with van der Waals surface area (Å²) >= 11 is 0. The predicted octanol–water partition coefficient (Wildman–Crippen LogP) is 1.37. The van der Waals surface area contributed by atoms with Crippen LogP contribution in [-0.2, 0) is 26.1 Å². The minimum absolute atomic E-state index is 0.192. The molecular weight excluding hydrogens is 268 g/mol. The molecule has 0 radical (unpaired) electrons. The lowest BCUT2D eigenvalue weighted by atomic mass is 9.86. The maximum atomic E-state index is 12.7. The second-order valence-corrected chi connectivity index (χ2v) is 5.60. The number of rotatable bonds is 0. The van der Waals surface area contributed by atoms with Gasteiger partial charge in [0.1, 0.15) is 5.54 Å². The van der Waals surface area contributed by atoms with Crippen molar-refractivity contribution < 1.29 is 0 Å². The molecule has 1 aromatic carbocycles. The van der Waals surface area contributed by atoms with E-state index in [0.29, 0.717) is 12.0 Å². The highest BCUT2D eigenvalue weighted by molar-refractivity contribution is 5.58. The standard InChI is InChI=1S/C15H14N4O2/c1-18-13(20)11-12(14(21)19(18)2)16-17-15(11)8-7-9-5-3-4-6-10(9)15/h3-6H,7-8H2,1-2H3. The van der Waals surface area contributed by atoms with Crippen LogP contribution in [0.3, 0.4) is 0 Å². The van der Waals surface area contributed by atoms with Gasteiger partial charge in [-0.25, -0.2) is 4.68 Å². The van der Waals surface area contributed by atoms with E-state index in [1.54, 1.807) is 14.1 Å². The lowest BCUT2D eigenvalue weighted by molar-refractivity contribution is 0.492. The summed E-state index contributed by atoms with van der Waals surface area (Å²) in [5, 5.41) is 8.45. The summed E-state index contributed by atoms with van der Waals surface area (Å²) in [5.74, 6) is 0. The molecule has 0 saturated carbocycles. The first-order valence-electron chi connectivity index (χ1n) is 6.88. The molecule has 4 rings (SSSR count). The van der Waals surface area contributed by atoms with Crippen molar-refractivity contribution in [3.8, 4) is 0 Å². The van der Waals surface area contributed by atoms with Crippen LogP contribution in [0.5, 0.6) is 0 Å². The molecule has 2 aromatic rings. The van der Waals surface area contributed by atoms with E-state index in [0.717, 1.165) is 12.0 Å². The molecule has 1 aliphatic heterocycles. The number of fused-ring (bicyclic) bond motifs is 4. The first-order chi connectivity index (χ1) is 10.1. The van der Waals surface area contributed by atoms with E-state index in [1.165, 1.54) is 14.9 Å². The molecule has 1 unspecified atom stereocenters. The Balaban J connectivity index is 2.12. The first kappa shape index (κ1) is 12.3. The van der Waals surface area contributed by atoms with Gasteiger partial charge in [0.15, 0.2) is 5.69 Å². The van der Waals surface area contributed by atoms with Crippen molar-refractivity contribution >= 4 is 5.69 Å². The summed E-state index contributed by atoms with van der Waals surface area (Å²) in [7, 11) is 3.16. The summed E-state index contributed by atoms with van der Waals surface area (Å²) < 4.78 is 2.61. The maximum Gasteiger partial charge on any atom is 0.293 e. The van der Waals surface area contributed by atoms with Crippen LogP contribution in [-0.4, -0.2) is 9.36 Å². The summed E-state index contributed by atoms with van der Waals surface area (Å²) in [6.07, 6.45) is 1.53. The number of hydrogen-bond donors (Lipinski definition) is 0. The highest BCUT2D eigenvalue weighted by Crippen LogP contribution is 2.49. The van der Waals surface area contributed by atoms with Crippen LogP contribution >= 0.6 is 0 Å². The largest absolute Gasteiger partial charge is 0.293 e. The van der Waals surface area contributed by atoms with E-state index in [1.807, 2.05) is 24.3 Å². The second-order valence-electron chi connectivity index (χ2n) is 5.60. The number of hydrogen-bond acceptors (Lipinski definition) is 4. The van der Waals surface area contributed by atoms with Crippen LogP contribution in [0.2, 0.25) is 0 Å². The number of azo groups is 1. The normalized spacial score (nSPS) is 21.8. The van der Waals surface area contributed by atoms with Crippen molar-refractivity contribution in [2.24, 2.45) is 24.3 Å². The third-order valence-electron chi connectivity index (χ3n) is 4.64. The van der Waals surface area contributed by atoms with E-state index in [2.05, 4.69) is 10.2 Å². The molecule has 1 aromatic heterocycles. The van der Waals surface area contributed by atoms with Gasteiger partial charge in [-0.05, 0) is 24.0 Å². The smallest absolute Gasteiger partial charge is 0.267 e. The predicted molar refractivity (Wildman–Crippen MR) is 77.0 cm³/mol. The van der Waals surface area contributed by atoms with Crippen molar-refractivity contribution in [1.29, 1.82) is 0 Å². The van der Waals surface area contributed by atoms with Crippen molar-refractivity contribution in [3.05, 3.63) is 61.7 Å². The molecule has 106 valence electrons. The lowest BCUT2D eigenvalue weighted by Gasteiger charge is -2.21. The topological polar surface area (TPSA) is 68.7 Å². The Morgan fingerprint density at radius 1 is 1.10 bits per heavy atom. The molecule has 1 aliphatic carbocycles. The van der Waals surface area contributed by atoms with Crippen LogP contribution in [0.25, 0.3) is 0 Å². The van der Waals surface area contributed by atoms with Crippen LogP contribution < -0.4 is 11.1 Å². The van der Waals surface area contributed by atoms with Gasteiger partial charge in [-0.3, -0.25) is 14.3 Å². The molecule has 6 heteroatoms. The quantitative estimate of drug-likeness (QED) is 0.732. The fourth-order valence-corrected chi connectivity index (χ4v) is 3.40. The number of aryl methyl sites for hydroxylation is 1. The van der Waals surface area contributed by atoms with Gasteiger partial charge >= 0.3 is 0 Å². The van der Waals surface area contributed by atoms with Crippen molar-refractivity contribution in [1.82, 2.24) is 9.36 Å². The SMILES string of the molecule is Cn1c(=O)c2c(c(=O)n1C)C1(CCc3ccccc31)N=N2. The molecule has 0 N–H and O–H groups in total. The first-order valence-corrected chi connectivity index (χ1v) is 6.88. The van der Waals surface area contributed by atoms with E-state index < -0.39 is 5.54 Å². The Labute approximate surface area is 120 Å². The molecule has 0 amide bonds. The summed E-state index contributed by atoms with van der Waals surface area (Å²) in [6, 6.07) is 7.94. The Hall–Kier alpha value is -2.50. The average Bonchev–Trinajstić information content (AvgIpc) is 3.07. The Bertz CT molecular complexity index is 922. The summed E-state index contributed by atoms with van der Waals surface area (Å²) in [5.41, 5.74) is 1.54. The van der Waals surface area contributed by atoms with Crippen LogP contribution in [0, 0.1) is 0 Å². The van der Waals surface area contributed by atoms with Crippen LogP contribution in [0.15, 0.2) is 44.1 Å². The van der Waals surface area contributed by atoms with Crippen molar-refractivity contribution in [3.63, 3.8) is 0 Å². The van der Waals surface area contributed by atoms with E-state index in [9.17, 15) is 9.59 Å². The Kier molecular flexibility index (Phi) is 2.21. The molecular formula is C15H14N4O2. The highest BCUT2D eigenvalue weighted by Gasteiger charge is 2.48. The van der Waals surface area contributed by atoms with Gasteiger partial charge in [0.25, 0.3) is 11.1 Å². The van der Waals surface area contributed by atoms with Gasteiger partial charge in [-0.15, -0.1) is 5.11 Å². The maximum absolute atomic E-state index is 12.7. The second kappa shape index (κ2) is 3.78. The third kappa shape index (κ3) is 1.32. The molecule has 0 fully saturated rings. The lowest BCUT2D eigenvalue weighted by Crippen LogP contribution is -2.40. The number of benzene rings is 1. The molecule has 1 spiro atoms. The minimum atomic E-state index is -0.770. The minimum Gasteiger partial charge on any atom is -0.267 e. The number of aromatic nitrogens is 2. The van der Waals surface area contributed by atoms with Crippen molar-refractivity contribution in [2.75, 3.05) is 0 Å². The fraction of sp³-hybridized carbons (Fsp3) is 0.333. The molecule has 2 heterocycles. The fourth-order valence-electron chi connectivity index (χ4n) is 3.40. The Morgan fingerprint density at radius 2 is 1.81 bits per heavy atom.